The SMILES string of the molecule is CCO[Si](CCNC1CCCCC1)(OCC)OCC. The van der Waals surface area contributed by atoms with Crippen molar-refractivity contribution in [3.8, 4) is 0 Å². The zero-order valence-electron chi connectivity index (χ0n) is 12.9. The summed E-state index contributed by atoms with van der Waals surface area (Å²) in [6.45, 7) is 8.95. The van der Waals surface area contributed by atoms with Crippen LogP contribution in [-0.4, -0.2) is 41.2 Å². The summed E-state index contributed by atoms with van der Waals surface area (Å²) in [5, 5.41) is 3.65. The first-order valence-corrected chi connectivity index (χ1v) is 9.84. The second-order valence-electron chi connectivity index (χ2n) is 5.02. The quantitative estimate of drug-likeness (QED) is 0.628. The first-order valence-electron chi connectivity index (χ1n) is 7.91. The van der Waals surface area contributed by atoms with Crippen molar-refractivity contribution in [1.29, 1.82) is 0 Å². The molecule has 0 bridgehead atoms. The Kier molecular flexibility index (Phi) is 8.90. The summed E-state index contributed by atoms with van der Waals surface area (Å²) in [7, 11) is -2.44. The molecule has 114 valence electrons. The maximum Gasteiger partial charge on any atom is 0.502 e. The molecule has 1 N–H and O–H groups in total. The van der Waals surface area contributed by atoms with Gasteiger partial charge in [-0.25, -0.2) is 0 Å². The van der Waals surface area contributed by atoms with Gasteiger partial charge in [0.25, 0.3) is 0 Å². The minimum atomic E-state index is -2.44. The molecule has 0 heterocycles. The lowest BCUT2D eigenvalue weighted by atomic mass is 9.96. The highest BCUT2D eigenvalue weighted by molar-refractivity contribution is 6.60. The second-order valence-corrected chi connectivity index (χ2v) is 7.75. The van der Waals surface area contributed by atoms with Crippen LogP contribution in [0.3, 0.4) is 0 Å². The van der Waals surface area contributed by atoms with Crippen LogP contribution in [0.15, 0.2) is 0 Å². The van der Waals surface area contributed by atoms with Gasteiger partial charge in [-0.3, -0.25) is 0 Å². The molecule has 0 radical (unpaired) electrons. The van der Waals surface area contributed by atoms with Gasteiger partial charge in [0.2, 0.25) is 0 Å². The van der Waals surface area contributed by atoms with Gasteiger partial charge in [0.15, 0.2) is 0 Å². The van der Waals surface area contributed by atoms with Crippen molar-refractivity contribution in [2.24, 2.45) is 0 Å². The molecule has 0 atom stereocenters. The monoisotopic (exact) mass is 289 g/mol. The predicted octanol–water partition coefficient (Wildman–Crippen LogP) is 2.96. The molecule has 1 saturated carbocycles. The molecule has 0 saturated heterocycles. The number of hydrogen-bond donors (Lipinski definition) is 1. The largest absolute Gasteiger partial charge is 0.502 e. The highest BCUT2D eigenvalue weighted by atomic mass is 28.4. The summed E-state index contributed by atoms with van der Waals surface area (Å²) < 4.78 is 17.6. The first kappa shape index (κ1) is 17.1. The molecule has 0 aromatic heterocycles. The van der Waals surface area contributed by atoms with Gasteiger partial charge in [-0.05, 0) is 40.2 Å². The zero-order valence-corrected chi connectivity index (χ0v) is 13.9. The normalized spacial score (nSPS) is 17.8. The molecule has 0 aromatic carbocycles. The molecule has 1 rings (SSSR count). The molecule has 1 aliphatic carbocycles. The average molecular weight is 289 g/mol. The third-order valence-corrected chi connectivity index (χ3v) is 6.61. The maximum absolute atomic E-state index is 5.85. The van der Waals surface area contributed by atoms with E-state index in [0.717, 1.165) is 12.6 Å². The highest BCUT2D eigenvalue weighted by Gasteiger charge is 2.39. The van der Waals surface area contributed by atoms with Gasteiger partial charge in [-0.1, -0.05) is 19.3 Å². The Balaban J connectivity index is 2.36. The molecular formula is C14H31NO3Si. The van der Waals surface area contributed by atoms with Gasteiger partial charge < -0.3 is 18.6 Å². The van der Waals surface area contributed by atoms with Crippen LogP contribution < -0.4 is 5.32 Å². The molecule has 19 heavy (non-hydrogen) atoms. The van der Waals surface area contributed by atoms with E-state index >= 15 is 0 Å². The number of rotatable bonds is 10. The zero-order chi connectivity index (χ0) is 14.0. The van der Waals surface area contributed by atoms with Crippen molar-refractivity contribution < 1.29 is 13.3 Å². The lowest BCUT2D eigenvalue weighted by molar-refractivity contribution is 0.0711. The van der Waals surface area contributed by atoms with Crippen LogP contribution in [0.2, 0.25) is 6.04 Å². The average Bonchev–Trinajstić information content (AvgIpc) is 2.41. The van der Waals surface area contributed by atoms with E-state index < -0.39 is 8.80 Å². The smallest absolute Gasteiger partial charge is 0.374 e. The van der Waals surface area contributed by atoms with Crippen LogP contribution >= 0.6 is 0 Å². The van der Waals surface area contributed by atoms with Gasteiger partial charge in [0.05, 0.1) is 0 Å². The van der Waals surface area contributed by atoms with E-state index in [1.165, 1.54) is 32.1 Å². The molecule has 1 fully saturated rings. The maximum atomic E-state index is 5.85. The Morgan fingerprint density at radius 3 is 1.89 bits per heavy atom. The minimum absolute atomic E-state index is 0.662. The van der Waals surface area contributed by atoms with Crippen LogP contribution in [0.4, 0.5) is 0 Å². The first-order chi connectivity index (χ1) is 9.26. The fraction of sp³-hybridized carbons (Fsp3) is 1.00. The van der Waals surface area contributed by atoms with E-state index in [4.69, 9.17) is 13.3 Å². The van der Waals surface area contributed by atoms with Crippen molar-refractivity contribution in [2.45, 2.75) is 65.0 Å². The van der Waals surface area contributed by atoms with E-state index in [1.807, 2.05) is 20.8 Å². The van der Waals surface area contributed by atoms with Crippen molar-refractivity contribution in [2.75, 3.05) is 26.4 Å². The van der Waals surface area contributed by atoms with Gasteiger partial charge in [0, 0.05) is 31.9 Å². The summed E-state index contributed by atoms with van der Waals surface area (Å²) in [5.74, 6) is 0. The van der Waals surface area contributed by atoms with Crippen LogP contribution in [-0.2, 0) is 13.3 Å². The Bertz CT molecular complexity index is 206. The molecule has 0 amide bonds. The van der Waals surface area contributed by atoms with Crippen molar-refractivity contribution in [1.82, 2.24) is 5.32 Å². The van der Waals surface area contributed by atoms with E-state index in [-0.39, 0.29) is 0 Å². The molecule has 0 aliphatic heterocycles. The summed E-state index contributed by atoms with van der Waals surface area (Å²) in [6.07, 6.45) is 6.75. The lowest BCUT2D eigenvalue weighted by Gasteiger charge is -2.30. The molecule has 0 spiro atoms. The van der Waals surface area contributed by atoms with Crippen molar-refractivity contribution in [3.05, 3.63) is 0 Å². The van der Waals surface area contributed by atoms with Crippen LogP contribution in [0.25, 0.3) is 0 Å². The Morgan fingerprint density at radius 1 is 0.895 bits per heavy atom. The Hall–Kier alpha value is 0.0569. The summed E-state index contributed by atoms with van der Waals surface area (Å²) in [4.78, 5) is 0. The van der Waals surface area contributed by atoms with Gasteiger partial charge in [-0.2, -0.15) is 0 Å². The number of nitrogens with one attached hydrogen (secondary N) is 1. The molecule has 4 nitrogen and oxygen atoms in total. The third kappa shape index (κ3) is 6.36. The van der Waals surface area contributed by atoms with E-state index in [2.05, 4.69) is 5.32 Å². The van der Waals surface area contributed by atoms with Crippen LogP contribution in [0.1, 0.15) is 52.9 Å². The number of hydrogen-bond acceptors (Lipinski definition) is 4. The molecule has 5 heteroatoms. The summed E-state index contributed by atoms with van der Waals surface area (Å²) in [5.41, 5.74) is 0. The van der Waals surface area contributed by atoms with Gasteiger partial charge in [0.1, 0.15) is 0 Å². The van der Waals surface area contributed by atoms with Crippen LogP contribution in [0, 0.1) is 0 Å². The lowest BCUT2D eigenvalue weighted by Crippen LogP contribution is -2.48. The van der Waals surface area contributed by atoms with Crippen LogP contribution in [0.5, 0.6) is 0 Å². The van der Waals surface area contributed by atoms with Crippen molar-refractivity contribution in [3.63, 3.8) is 0 Å². The van der Waals surface area contributed by atoms with Gasteiger partial charge in [-0.15, -0.1) is 0 Å². The topological polar surface area (TPSA) is 39.7 Å². The summed E-state index contributed by atoms with van der Waals surface area (Å²) >= 11 is 0. The third-order valence-electron chi connectivity index (χ3n) is 3.56. The molecule has 0 aromatic rings. The standard InChI is InChI=1S/C14H31NO3Si/c1-4-16-19(17-5-2,18-6-3)13-12-15-14-10-8-7-9-11-14/h14-15H,4-13H2,1-3H3. The molecule has 0 unspecified atom stereocenters. The predicted molar refractivity (Wildman–Crippen MR) is 80.3 cm³/mol. The highest BCUT2D eigenvalue weighted by Crippen LogP contribution is 2.19. The van der Waals surface area contributed by atoms with E-state index in [0.29, 0.717) is 25.9 Å². The van der Waals surface area contributed by atoms with Crippen molar-refractivity contribution >= 4 is 8.80 Å². The Labute approximate surface area is 119 Å². The molecular weight excluding hydrogens is 258 g/mol. The second kappa shape index (κ2) is 9.88. The Morgan fingerprint density at radius 2 is 1.42 bits per heavy atom. The fourth-order valence-corrected chi connectivity index (χ4v) is 5.19. The molecule has 1 aliphatic rings. The van der Waals surface area contributed by atoms with Gasteiger partial charge >= 0.3 is 8.80 Å². The van der Waals surface area contributed by atoms with E-state index in [9.17, 15) is 0 Å². The minimum Gasteiger partial charge on any atom is -0.374 e. The van der Waals surface area contributed by atoms with E-state index in [1.54, 1.807) is 0 Å². The summed E-state index contributed by atoms with van der Waals surface area (Å²) in [6, 6.07) is 1.56. The fourth-order valence-electron chi connectivity index (χ4n) is 2.74.